The van der Waals surface area contributed by atoms with Crippen molar-refractivity contribution in [3.63, 3.8) is 0 Å². The van der Waals surface area contributed by atoms with E-state index >= 15 is 0 Å². The fourth-order valence-corrected chi connectivity index (χ4v) is 5.76. The quantitative estimate of drug-likeness (QED) is 0.622. The molecule has 1 aromatic carbocycles. The van der Waals surface area contributed by atoms with Crippen LogP contribution >= 0.6 is 0 Å². The first-order valence-electron chi connectivity index (χ1n) is 12.3. The number of fused-ring (bicyclic) bond motifs is 2. The zero-order valence-electron chi connectivity index (χ0n) is 20.4. The summed E-state index contributed by atoms with van der Waals surface area (Å²) < 4.78 is 6.13. The van der Waals surface area contributed by atoms with Crippen molar-refractivity contribution >= 4 is 12.1 Å². The largest absolute Gasteiger partial charge is 0.465 e. The number of hydrogen-bond acceptors (Lipinski definition) is 6. The van der Waals surface area contributed by atoms with Gasteiger partial charge < -0.3 is 19.7 Å². The first kappa shape index (κ1) is 23.6. The lowest BCUT2D eigenvalue weighted by Crippen LogP contribution is -2.55. The minimum Gasteiger partial charge on any atom is -0.465 e. The summed E-state index contributed by atoms with van der Waals surface area (Å²) in [5.74, 6) is 0.930. The van der Waals surface area contributed by atoms with Crippen LogP contribution in [0.15, 0.2) is 34.7 Å². The highest BCUT2D eigenvalue weighted by atomic mass is 16.7. The van der Waals surface area contributed by atoms with Crippen molar-refractivity contribution in [2.75, 3.05) is 6.54 Å². The fraction of sp³-hybridized carbons (Fsp3) is 0.600. The van der Waals surface area contributed by atoms with Gasteiger partial charge in [0.05, 0.1) is 6.04 Å². The number of carbonyl (C=O) groups excluding carboxylic acids is 1. The number of hydroxylamine groups is 2. The van der Waals surface area contributed by atoms with E-state index in [1.807, 2.05) is 51.1 Å². The molecule has 10 heteroatoms. The lowest BCUT2D eigenvalue weighted by Gasteiger charge is -2.42. The summed E-state index contributed by atoms with van der Waals surface area (Å²) in [6.45, 7) is 7.05. The van der Waals surface area contributed by atoms with E-state index in [2.05, 4.69) is 15.5 Å². The van der Waals surface area contributed by atoms with Crippen molar-refractivity contribution in [3.05, 3.63) is 47.7 Å². The molecule has 2 aromatic rings. The minimum atomic E-state index is -1.02. The second-order valence-corrected chi connectivity index (χ2v) is 10.9. The maximum atomic E-state index is 13.1. The van der Waals surface area contributed by atoms with E-state index in [0.717, 1.165) is 24.8 Å². The number of benzene rings is 1. The van der Waals surface area contributed by atoms with Crippen molar-refractivity contribution in [1.82, 2.24) is 25.5 Å². The summed E-state index contributed by atoms with van der Waals surface area (Å²) in [5.41, 5.74) is 0.194. The molecule has 1 unspecified atom stereocenters. The Hall–Kier alpha value is -3.14. The highest BCUT2D eigenvalue weighted by Gasteiger charge is 2.51. The molecule has 2 N–H and O–H groups in total. The van der Waals surface area contributed by atoms with Gasteiger partial charge in [0.2, 0.25) is 11.8 Å². The van der Waals surface area contributed by atoms with Gasteiger partial charge in [0, 0.05) is 18.0 Å². The van der Waals surface area contributed by atoms with Crippen LogP contribution in [-0.4, -0.2) is 55.5 Å². The van der Waals surface area contributed by atoms with E-state index < -0.39 is 11.6 Å². The summed E-state index contributed by atoms with van der Waals surface area (Å²) in [5, 5.41) is 22.3. The molecule has 0 spiro atoms. The van der Waals surface area contributed by atoms with Gasteiger partial charge in [0.25, 0.3) is 0 Å². The molecule has 3 heterocycles. The number of urea groups is 1. The maximum Gasteiger partial charge on any atom is 0.405 e. The number of nitrogens with one attached hydrogen (secondary N) is 1. The molecule has 35 heavy (non-hydrogen) atoms. The number of carboxylic acid groups (broad SMARTS) is 1. The molecule has 2 aliphatic heterocycles. The smallest absolute Gasteiger partial charge is 0.405 e. The first-order chi connectivity index (χ1) is 16.7. The molecule has 3 amide bonds. The normalized spacial score (nSPS) is 28.5. The van der Waals surface area contributed by atoms with E-state index in [1.165, 1.54) is 5.06 Å². The van der Waals surface area contributed by atoms with E-state index in [-0.39, 0.29) is 29.4 Å². The Morgan fingerprint density at radius 1 is 1.20 bits per heavy atom. The van der Waals surface area contributed by atoms with Crippen molar-refractivity contribution in [2.24, 2.45) is 5.41 Å². The molecular formula is C25H33N5O5. The summed E-state index contributed by atoms with van der Waals surface area (Å²) in [4.78, 5) is 32.3. The zero-order valence-corrected chi connectivity index (χ0v) is 20.4. The van der Waals surface area contributed by atoms with E-state index in [0.29, 0.717) is 37.8 Å². The van der Waals surface area contributed by atoms with Crippen LogP contribution in [-0.2, 0) is 11.4 Å². The number of carbonyl (C=O) groups is 2. The molecule has 5 rings (SSSR count). The Morgan fingerprint density at radius 3 is 2.66 bits per heavy atom. The van der Waals surface area contributed by atoms with Crippen LogP contribution in [0.2, 0.25) is 0 Å². The lowest BCUT2D eigenvalue weighted by molar-refractivity contribution is -0.140. The van der Waals surface area contributed by atoms with Crippen LogP contribution in [0.3, 0.4) is 0 Å². The third-order valence-corrected chi connectivity index (χ3v) is 7.92. The Morgan fingerprint density at radius 2 is 1.94 bits per heavy atom. The number of piperidine rings is 1. The van der Waals surface area contributed by atoms with Crippen molar-refractivity contribution < 1.29 is 24.0 Å². The zero-order chi connectivity index (χ0) is 24.8. The molecule has 188 valence electrons. The number of amides is 3. The Labute approximate surface area is 204 Å². The average molecular weight is 484 g/mol. The molecule has 0 radical (unpaired) electrons. The molecule has 3 aliphatic rings. The monoisotopic (exact) mass is 483 g/mol. The van der Waals surface area contributed by atoms with Crippen LogP contribution in [0.25, 0.3) is 0 Å². The molecule has 2 bridgehead atoms. The third kappa shape index (κ3) is 4.35. The average Bonchev–Trinajstić information content (AvgIpc) is 3.52. The van der Waals surface area contributed by atoms with Crippen molar-refractivity contribution in [3.8, 4) is 0 Å². The summed E-state index contributed by atoms with van der Waals surface area (Å²) in [7, 11) is 0. The predicted molar refractivity (Wildman–Crippen MR) is 125 cm³/mol. The van der Waals surface area contributed by atoms with Crippen LogP contribution in [0.1, 0.15) is 82.2 Å². The van der Waals surface area contributed by atoms with Gasteiger partial charge in [-0.1, -0.05) is 51.1 Å². The van der Waals surface area contributed by atoms with E-state index in [9.17, 15) is 14.7 Å². The van der Waals surface area contributed by atoms with Gasteiger partial charge in [0.15, 0.2) is 0 Å². The Bertz CT molecular complexity index is 1080. The molecule has 1 aliphatic carbocycles. The minimum absolute atomic E-state index is 0.00850. The molecule has 4 atom stereocenters. The SMILES string of the molecule is CC(C)(C)C1(NC(=O)O)CC[C@H](c2nnc([C@@H]3CC[C@@H]4CN3C(=O)N4OCc3ccccc3)o2)C1. The molecule has 1 saturated carbocycles. The van der Waals surface area contributed by atoms with Gasteiger partial charge in [-0.2, -0.15) is 5.06 Å². The predicted octanol–water partition coefficient (Wildman–Crippen LogP) is 4.46. The summed E-state index contributed by atoms with van der Waals surface area (Å²) in [6, 6.07) is 9.34. The Kier molecular flexibility index (Phi) is 5.94. The number of rotatable bonds is 6. The topological polar surface area (TPSA) is 121 Å². The highest BCUT2D eigenvalue weighted by molar-refractivity contribution is 5.77. The van der Waals surface area contributed by atoms with E-state index in [1.54, 1.807) is 4.90 Å². The Balaban J connectivity index is 1.27. The second-order valence-electron chi connectivity index (χ2n) is 10.9. The maximum absolute atomic E-state index is 13.1. The standard InChI is InChI=1S/C25H33N5O5/c1-24(2,3)25(26-22(31)32)12-11-17(13-25)20-27-28-21(35-20)19-10-9-18-14-29(19)23(33)30(18)34-15-16-7-5-4-6-8-16/h4-8,17-19,26H,9-15H2,1-3H3,(H,31,32)/t17-,18+,19-,25?/m0/s1. The summed E-state index contributed by atoms with van der Waals surface area (Å²) in [6.07, 6.45) is 2.56. The van der Waals surface area contributed by atoms with Gasteiger partial charge >= 0.3 is 12.1 Å². The fourth-order valence-electron chi connectivity index (χ4n) is 5.76. The lowest BCUT2D eigenvalue weighted by atomic mass is 9.72. The van der Waals surface area contributed by atoms with Gasteiger partial charge in [-0.25, -0.2) is 9.59 Å². The van der Waals surface area contributed by atoms with Crippen LogP contribution in [0.5, 0.6) is 0 Å². The number of nitrogens with zero attached hydrogens (tertiary/aromatic N) is 4. The molecule has 3 fully saturated rings. The van der Waals surface area contributed by atoms with Gasteiger partial charge in [0.1, 0.15) is 12.6 Å². The van der Waals surface area contributed by atoms with E-state index in [4.69, 9.17) is 9.25 Å². The van der Waals surface area contributed by atoms with Crippen LogP contribution in [0, 0.1) is 5.41 Å². The summed E-state index contributed by atoms with van der Waals surface area (Å²) >= 11 is 0. The van der Waals surface area contributed by atoms with Crippen LogP contribution < -0.4 is 5.32 Å². The van der Waals surface area contributed by atoms with Gasteiger partial charge in [-0.3, -0.25) is 4.84 Å². The van der Waals surface area contributed by atoms with Gasteiger partial charge in [-0.15, -0.1) is 10.2 Å². The van der Waals surface area contributed by atoms with Crippen molar-refractivity contribution in [2.45, 2.75) is 83.0 Å². The first-order valence-corrected chi connectivity index (χ1v) is 12.3. The molecule has 2 saturated heterocycles. The van der Waals surface area contributed by atoms with Crippen LogP contribution in [0.4, 0.5) is 9.59 Å². The highest BCUT2D eigenvalue weighted by Crippen LogP contribution is 2.49. The van der Waals surface area contributed by atoms with Crippen molar-refractivity contribution in [1.29, 1.82) is 0 Å². The molecule has 1 aromatic heterocycles. The number of hydrogen-bond donors (Lipinski definition) is 2. The third-order valence-electron chi connectivity index (χ3n) is 7.92. The van der Waals surface area contributed by atoms with Gasteiger partial charge in [-0.05, 0) is 43.1 Å². The number of aromatic nitrogens is 2. The second kappa shape index (κ2) is 8.82. The molecule has 10 nitrogen and oxygen atoms in total. The molecular weight excluding hydrogens is 450 g/mol.